The van der Waals surface area contributed by atoms with Crippen molar-refractivity contribution >= 4 is 27.9 Å². The van der Waals surface area contributed by atoms with Gasteiger partial charge in [-0.15, -0.1) is 0 Å². The molecule has 1 N–H and O–H groups in total. The number of amidine groups is 1. The van der Waals surface area contributed by atoms with E-state index in [1.807, 2.05) is 13.8 Å². The van der Waals surface area contributed by atoms with Crippen molar-refractivity contribution in [1.29, 1.82) is 0 Å². The average molecular weight is 337 g/mol. The number of para-hydroxylation sites is 1. The van der Waals surface area contributed by atoms with Crippen LogP contribution < -0.4 is 5.32 Å². The van der Waals surface area contributed by atoms with Gasteiger partial charge in [0.15, 0.2) is 5.17 Å². The molecule has 0 unspecified atom stereocenters. The number of nitrogens with zero attached hydrogens (tertiary/aromatic N) is 1. The number of anilines is 1. The number of hydrogen-bond acceptors (Lipinski definition) is 4. The van der Waals surface area contributed by atoms with Crippen molar-refractivity contribution in [3.8, 4) is 0 Å². The zero-order valence-corrected chi connectivity index (χ0v) is 16.0. The molecule has 0 atom stereocenters. The van der Waals surface area contributed by atoms with Crippen molar-refractivity contribution in [1.82, 2.24) is 0 Å². The third-order valence-electron chi connectivity index (χ3n) is 3.33. The zero-order valence-electron chi connectivity index (χ0n) is 15.1. The summed E-state index contributed by atoms with van der Waals surface area (Å²) in [5, 5.41) is 3.59. The number of benzene rings is 1. The van der Waals surface area contributed by atoms with Crippen LogP contribution in [0.5, 0.6) is 0 Å². The van der Waals surface area contributed by atoms with Crippen LogP contribution in [0.2, 0.25) is 0 Å². The van der Waals surface area contributed by atoms with Gasteiger partial charge in [-0.25, -0.2) is 4.79 Å². The van der Waals surface area contributed by atoms with Crippen LogP contribution in [-0.2, 0) is 4.74 Å². The largest absolute Gasteiger partial charge is 0.461 e. The van der Waals surface area contributed by atoms with Gasteiger partial charge in [-0.2, -0.15) is 0 Å². The summed E-state index contributed by atoms with van der Waals surface area (Å²) in [6.45, 7) is 12.6. The third kappa shape index (κ3) is 5.90. The Morgan fingerprint density at radius 3 is 2.00 bits per heavy atom. The van der Waals surface area contributed by atoms with Crippen molar-refractivity contribution in [2.75, 3.05) is 12.4 Å². The van der Waals surface area contributed by atoms with Crippen molar-refractivity contribution in [3.63, 3.8) is 0 Å². The van der Waals surface area contributed by atoms with E-state index in [0.717, 1.165) is 17.4 Å². The Balaban J connectivity index is 3.28. The van der Waals surface area contributed by atoms with E-state index >= 15 is 0 Å². The molecule has 0 saturated carbocycles. The lowest BCUT2D eigenvalue weighted by molar-refractivity contribution is 0.200. The predicted octanol–water partition coefficient (Wildman–Crippen LogP) is 5.61. The summed E-state index contributed by atoms with van der Waals surface area (Å²) in [4.78, 5) is 16.2. The molecule has 1 aromatic rings. The molecule has 0 saturated heterocycles. The minimum absolute atomic E-state index is 0.0865. The second-order valence-electron chi connectivity index (χ2n) is 6.33. The molecular formula is C18H28N2O2S. The second-order valence-corrected chi connectivity index (χ2v) is 7.25. The summed E-state index contributed by atoms with van der Waals surface area (Å²) < 4.78 is 4.76. The first-order valence-electron chi connectivity index (χ1n) is 7.99. The van der Waals surface area contributed by atoms with Gasteiger partial charge in [0.1, 0.15) is 0 Å². The number of aliphatic imine (C=N–C) groups is 1. The normalized spacial score (nSPS) is 12.2. The molecule has 0 aromatic heterocycles. The van der Waals surface area contributed by atoms with Gasteiger partial charge in [-0.3, -0.25) is 4.99 Å². The molecule has 1 aromatic carbocycles. The molecule has 4 nitrogen and oxygen atoms in total. The van der Waals surface area contributed by atoms with Crippen LogP contribution in [0.4, 0.5) is 10.5 Å². The molecule has 0 aliphatic rings. The van der Waals surface area contributed by atoms with Gasteiger partial charge < -0.3 is 10.1 Å². The molecule has 0 aliphatic carbocycles. The Kier molecular flexibility index (Phi) is 7.62. The van der Waals surface area contributed by atoms with Crippen LogP contribution in [0.15, 0.2) is 23.2 Å². The Morgan fingerprint density at radius 2 is 1.61 bits per heavy atom. The fourth-order valence-electron chi connectivity index (χ4n) is 2.24. The summed E-state index contributed by atoms with van der Waals surface area (Å²) >= 11 is 0.986. The quantitative estimate of drug-likeness (QED) is 0.441. The van der Waals surface area contributed by atoms with Crippen LogP contribution in [0.1, 0.15) is 64.5 Å². The van der Waals surface area contributed by atoms with Crippen molar-refractivity contribution < 1.29 is 9.53 Å². The minimum atomic E-state index is -0.370. The average Bonchev–Trinajstić information content (AvgIpc) is 2.45. The van der Waals surface area contributed by atoms with Crippen molar-refractivity contribution in [3.05, 3.63) is 29.3 Å². The summed E-state index contributed by atoms with van der Waals surface area (Å²) in [7, 11) is 1.38. The first-order chi connectivity index (χ1) is 10.8. The number of carbonyl (C=O) groups excluding carboxylic acids is 1. The zero-order chi connectivity index (χ0) is 17.6. The van der Waals surface area contributed by atoms with Crippen LogP contribution in [0.3, 0.4) is 0 Å². The van der Waals surface area contributed by atoms with Crippen LogP contribution in [0.25, 0.3) is 0 Å². The summed E-state index contributed by atoms with van der Waals surface area (Å²) in [5.74, 6) is 0.749. The first kappa shape index (κ1) is 19.6. The summed E-state index contributed by atoms with van der Waals surface area (Å²) in [6.07, 6.45) is 0. The number of ether oxygens (including phenoxy) is 1. The van der Waals surface area contributed by atoms with E-state index < -0.39 is 0 Å². The maximum atomic E-state index is 11.7. The molecule has 0 heterocycles. The van der Waals surface area contributed by atoms with E-state index in [4.69, 9.17) is 4.74 Å². The Hall–Kier alpha value is -1.49. The predicted molar refractivity (Wildman–Crippen MR) is 101 cm³/mol. The lowest BCUT2D eigenvalue weighted by Gasteiger charge is -2.21. The summed E-state index contributed by atoms with van der Waals surface area (Å²) in [6, 6.07) is 6.41. The van der Waals surface area contributed by atoms with Gasteiger partial charge in [0, 0.05) is 23.5 Å². The number of hydrogen-bond donors (Lipinski definition) is 1. The van der Waals surface area contributed by atoms with Crippen molar-refractivity contribution in [2.45, 2.75) is 59.4 Å². The fraction of sp³-hybridized carbons (Fsp3) is 0.556. The van der Waals surface area contributed by atoms with Gasteiger partial charge in [-0.05, 0) is 36.8 Å². The van der Waals surface area contributed by atoms with Gasteiger partial charge in [0.2, 0.25) is 0 Å². The molecule has 5 heteroatoms. The molecule has 128 valence electrons. The lowest BCUT2D eigenvalue weighted by Crippen LogP contribution is -2.16. The Labute approximate surface area is 144 Å². The second kappa shape index (κ2) is 8.96. The highest BCUT2D eigenvalue weighted by Crippen LogP contribution is 2.33. The van der Waals surface area contributed by atoms with Gasteiger partial charge in [-0.1, -0.05) is 45.9 Å². The van der Waals surface area contributed by atoms with E-state index in [1.165, 1.54) is 18.2 Å². The maximum Gasteiger partial charge on any atom is 0.374 e. The molecule has 0 aliphatic heterocycles. The molecule has 0 radical (unpaired) electrons. The Bertz CT molecular complexity index is 540. The van der Waals surface area contributed by atoms with Crippen LogP contribution in [-0.4, -0.2) is 23.6 Å². The van der Waals surface area contributed by atoms with E-state index in [9.17, 15) is 4.79 Å². The molecule has 0 amide bonds. The number of thioether (sulfide) groups is 1. The highest BCUT2D eigenvalue weighted by molar-refractivity contribution is 8.26. The SMILES string of the molecule is COC(=O)SC(=NC(C)C)Nc1c(C(C)C)cccc1C(C)C. The number of methoxy groups -OCH3 is 1. The van der Waals surface area contributed by atoms with Crippen LogP contribution in [0, 0.1) is 0 Å². The van der Waals surface area contributed by atoms with E-state index in [-0.39, 0.29) is 11.3 Å². The molecule has 1 rings (SSSR count). The topological polar surface area (TPSA) is 50.7 Å². The standard InChI is InChI=1S/C18H28N2O2S/c1-11(2)14-9-8-10-15(12(3)4)16(14)20-17(19-13(5)6)23-18(21)22-7/h8-13H,1-7H3,(H,19,20). The molecule has 0 spiro atoms. The van der Waals surface area contributed by atoms with Gasteiger partial charge in [0.05, 0.1) is 7.11 Å². The highest BCUT2D eigenvalue weighted by Gasteiger charge is 2.17. The molecule has 23 heavy (non-hydrogen) atoms. The number of nitrogens with one attached hydrogen (secondary N) is 1. The lowest BCUT2D eigenvalue weighted by atomic mass is 9.93. The number of rotatable bonds is 4. The Morgan fingerprint density at radius 1 is 1.09 bits per heavy atom. The van der Waals surface area contributed by atoms with E-state index in [0.29, 0.717) is 17.0 Å². The van der Waals surface area contributed by atoms with Gasteiger partial charge in [0.25, 0.3) is 0 Å². The molecular weight excluding hydrogens is 308 g/mol. The number of carbonyl (C=O) groups is 1. The maximum absolute atomic E-state index is 11.7. The first-order valence-corrected chi connectivity index (χ1v) is 8.81. The van der Waals surface area contributed by atoms with Crippen LogP contribution >= 0.6 is 11.8 Å². The van der Waals surface area contributed by atoms with Gasteiger partial charge >= 0.3 is 5.30 Å². The summed E-state index contributed by atoms with van der Waals surface area (Å²) in [5.41, 5.74) is 3.49. The third-order valence-corrected chi connectivity index (χ3v) is 4.06. The fourth-order valence-corrected chi connectivity index (χ4v) is 2.90. The molecule has 0 bridgehead atoms. The van der Waals surface area contributed by atoms with Crippen molar-refractivity contribution in [2.24, 2.45) is 4.99 Å². The molecule has 0 fully saturated rings. The minimum Gasteiger partial charge on any atom is -0.461 e. The highest BCUT2D eigenvalue weighted by atomic mass is 32.2. The van der Waals surface area contributed by atoms with E-state index in [1.54, 1.807) is 0 Å². The monoisotopic (exact) mass is 336 g/mol. The van der Waals surface area contributed by atoms with E-state index in [2.05, 4.69) is 56.2 Å². The smallest absolute Gasteiger partial charge is 0.374 e.